The van der Waals surface area contributed by atoms with Crippen LogP contribution in [0.25, 0.3) is 11.5 Å². The molecule has 2 aromatic heterocycles. The van der Waals surface area contributed by atoms with E-state index in [0.29, 0.717) is 46.8 Å². The molecule has 1 aliphatic rings. The number of benzene rings is 1. The fourth-order valence-electron chi connectivity index (χ4n) is 2.95. The maximum absolute atomic E-state index is 12.5. The van der Waals surface area contributed by atoms with Crippen LogP contribution in [0.1, 0.15) is 18.2 Å². The van der Waals surface area contributed by atoms with Crippen LogP contribution in [-0.4, -0.2) is 34.7 Å². The first kappa shape index (κ1) is 16.5. The summed E-state index contributed by atoms with van der Waals surface area (Å²) in [5.74, 6) is 1.22. The molecule has 0 aliphatic carbocycles. The van der Waals surface area contributed by atoms with Crippen molar-refractivity contribution < 1.29 is 14.1 Å². The number of carbonyl (C=O) groups excluding carboxylic acids is 1. The summed E-state index contributed by atoms with van der Waals surface area (Å²) in [5, 5.41) is 4.43. The van der Waals surface area contributed by atoms with Gasteiger partial charge in [0, 0.05) is 24.8 Å². The van der Waals surface area contributed by atoms with Crippen molar-refractivity contribution in [1.29, 1.82) is 0 Å². The number of methoxy groups -OCH3 is 1. The molecular weight excluding hydrogens is 356 g/mol. The second kappa shape index (κ2) is 6.76. The number of aromatic nitrogens is 3. The smallest absolute Gasteiger partial charge is 0.232 e. The van der Waals surface area contributed by atoms with Crippen molar-refractivity contribution in [3.05, 3.63) is 53.5 Å². The Morgan fingerprint density at radius 3 is 2.92 bits per heavy atom. The zero-order valence-corrected chi connectivity index (χ0v) is 14.7. The van der Waals surface area contributed by atoms with Crippen molar-refractivity contribution in [1.82, 2.24) is 15.1 Å². The van der Waals surface area contributed by atoms with E-state index in [-0.39, 0.29) is 11.8 Å². The van der Waals surface area contributed by atoms with Crippen molar-refractivity contribution in [3.8, 4) is 17.3 Å². The summed E-state index contributed by atoms with van der Waals surface area (Å²) in [6, 6.07) is 10.7. The highest BCUT2D eigenvalue weighted by molar-refractivity contribution is 6.32. The molecule has 0 radical (unpaired) electrons. The molecule has 1 unspecified atom stereocenters. The van der Waals surface area contributed by atoms with Crippen LogP contribution in [0.2, 0.25) is 5.02 Å². The molecular formula is C18H15ClN4O3. The van der Waals surface area contributed by atoms with Gasteiger partial charge < -0.3 is 14.2 Å². The Bertz CT molecular complexity index is 945. The molecule has 3 aromatic rings. The predicted molar refractivity (Wildman–Crippen MR) is 95.2 cm³/mol. The van der Waals surface area contributed by atoms with Gasteiger partial charge >= 0.3 is 0 Å². The Hall–Kier alpha value is -2.93. The Morgan fingerprint density at radius 1 is 1.31 bits per heavy atom. The SMILES string of the molecule is COc1ccc(N2CC(c3nc(-c4ccccn4)no3)CC2=O)cc1Cl. The number of pyridine rings is 1. The van der Waals surface area contributed by atoms with E-state index in [2.05, 4.69) is 15.1 Å². The van der Waals surface area contributed by atoms with Crippen molar-refractivity contribution in [2.24, 2.45) is 0 Å². The number of hydrogen-bond donors (Lipinski definition) is 0. The summed E-state index contributed by atoms with van der Waals surface area (Å²) in [6.07, 6.45) is 1.97. The van der Waals surface area contributed by atoms with Crippen molar-refractivity contribution in [2.75, 3.05) is 18.6 Å². The van der Waals surface area contributed by atoms with Crippen LogP contribution in [0.15, 0.2) is 47.1 Å². The molecule has 1 amide bonds. The molecule has 26 heavy (non-hydrogen) atoms. The zero-order chi connectivity index (χ0) is 18.1. The maximum Gasteiger partial charge on any atom is 0.232 e. The fourth-order valence-corrected chi connectivity index (χ4v) is 3.20. The zero-order valence-electron chi connectivity index (χ0n) is 13.9. The Morgan fingerprint density at radius 2 is 2.19 bits per heavy atom. The first-order valence-corrected chi connectivity index (χ1v) is 8.42. The molecule has 1 saturated heterocycles. The highest BCUT2D eigenvalue weighted by Crippen LogP contribution is 2.35. The first-order valence-electron chi connectivity index (χ1n) is 8.04. The average Bonchev–Trinajstić information content (AvgIpc) is 3.29. The molecule has 7 nitrogen and oxygen atoms in total. The highest BCUT2D eigenvalue weighted by atomic mass is 35.5. The van der Waals surface area contributed by atoms with E-state index in [9.17, 15) is 4.79 Å². The van der Waals surface area contributed by atoms with Crippen molar-refractivity contribution in [2.45, 2.75) is 12.3 Å². The van der Waals surface area contributed by atoms with E-state index in [1.807, 2.05) is 12.1 Å². The van der Waals surface area contributed by atoms with Crippen molar-refractivity contribution >= 4 is 23.2 Å². The van der Waals surface area contributed by atoms with E-state index >= 15 is 0 Å². The maximum atomic E-state index is 12.5. The third-order valence-electron chi connectivity index (χ3n) is 4.26. The van der Waals surface area contributed by atoms with Crippen LogP contribution in [-0.2, 0) is 4.79 Å². The van der Waals surface area contributed by atoms with Gasteiger partial charge in [-0.25, -0.2) is 0 Å². The topological polar surface area (TPSA) is 81.3 Å². The third kappa shape index (κ3) is 3.01. The molecule has 0 N–H and O–H groups in total. The van der Waals surface area contributed by atoms with Crippen LogP contribution in [0, 0.1) is 0 Å². The minimum Gasteiger partial charge on any atom is -0.495 e. The number of carbonyl (C=O) groups is 1. The molecule has 1 fully saturated rings. The molecule has 0 spiro atoms. The third-order valence-corrected chi connectivity index (χ3v) is 4.55. The number of amides is 1. The van der Waals surface area contributed by atoms with Gasteiger partial charge in [-0.2, -0.15) is 4.98 Å². The fraction of sp³-hybridized carbons (Fsp3) is 0.222. The molecule has 1 aliphatic heterocycles. The van der Waals surface area contributed by atoms with Crippen LogP contribution >= 0.6 is 11.6 Å². The minimum absolute atomic E-state index is 0.0196. The lowest BCUT2D eigenvalue weighted by atomic mass is 10.1. The normalized spacial score (nSPS) is 16.9. The molecule has 1 aromatic carbocycles. The van der Waals surface area contributed by atoms with Gasteiger partial charge in [0.05, 0.1) is 18.1 Å². The highest BCUT2D eigenvalue weighted by Gasteiger charge is 2.35. The molecule has 8 heteroatoms. The van der Waals surface area contributed by atoms with Gasteiger partial charge in [0.1, 0.15) is 11.4 Å². The van der Waals surface area contributed by atoms with Gasteiger partial charge in [0.25, 0.3) is 0 Å². The number of rotatable bonds is 4. The number of halogens is 1. The average molecular weight is 371 g/mol. The predicted octanol–water partition coefficient (Wildman–Crippen LogP) is 3.31. The molecule has 0 bridgehead atoms. The summed E-state index contributed by atoms with van der Waals surface area (Å²) in [6.45, 7) is 0.450. The summed E-state index contributed by atoms with van der Waals surface area (Å²) in [5.41, 5.74) is 1.35. The Balaban J connectivity index is 1.55. The van der Waals surface area contributed by atoms with Gasteiger partial charge in [-0.05, 0) is 30.3 Å². The molecule has 132 valence electrons. The number of ether oxygens (including phenoxy) is 1. The van der Waals surface area contributed by atoms with E-state index in [4.69, 9.17) is 20.9 Å². The molecule has 1 atom stereocenters. The monoisotopic (exact) mass is 370 g/mol. The number of nitrogens with zero attached hydrogens (tertiary/aromatic N) is 4. The lowest BCUT2D eigenvalue weighted by Gasteiger charge is -2.17. The molecule has 4 rings (SSSR count). The van der Waals surface area contributed by atoms with Gasteiger partial charge in [0.15, 0.2) is 0 Å². The second-order valence-corrected chi connectivity index (χ2v) is 6.30. The standard InChI is InChI=1S/C18H15ClN4O3/c1-25-15-6-5-12(9-13(15)19)23-10-11(8-16(23)24)18-21-17(22-26-18)14-4-2-3-7-20-14/h2-7,9,11H,8,10H2,1H3. The van der Waals surface area contributed by atoms with Crippen LogP contribution in [0.4, 0.5) is 5.69 Å². The van der Waals surface area contributed by atoms with Gasteiger partial charge in [-0.15, -0.1) is 0 Å². The van der Waals surface area contributed by atoms with E-state index in [1.165, 1.54) is 0 Å². The molecule has 0 saturated carbocycles. The van der Waals surface area contributed by atoms with Crippen LogP contribution in [0.3, 0.4) is 0 Å². The summed E-state index contributed by atoms with van der Waals surface area (Å²) in [4.78, 5) is 22.7. The van der Waals surface area contributed by atoms with Crippen molar-refractivity contribution in [3.63, 3.8) is 0 Å². The summed E-state index contributed by atoms with van der Waals surface area (Å²) in [7, 11) is 1.55. The number of hydrogen-bond acceptors (Lipinski definition) is 6. The van der Waals surface area contributed by atoms with E-state index in [0.717, 1.165) is 0 Å². The Kier molecular flexibility index (Phi) is 4.30. The van der Waals surface area contributed by atoms with Gasteiger partial charge in [0.2, 0.25) is 17.6 Å². The lowest BCUT2D eigenvalue weighted by Crippen LogP contribution is -2.24. The number of anilines is 1. The minimum atomic E-state index is -0.173. The quantitative estimate of drug-likeness (QED) is 0.700. The van der Waals surface area contributed by atoms with E-state index < -0.39 is 0 Å². The largest absolute Gasteiger partial charge is 0.495 e. The first-order chi connectivity index (χ1) is 12.7. The van der Waals surface area contributed by atoms with Gasteiger partial charge in [-0.3, -0.25) is 9.78 Å². The van der Waals surface area contributed by atoms with Gasteiger partial charge in [-0.1, -0.05) is 22.8 Å². The van der Waals surface area contributed by atoms with Crippen LogP contribution < -0.4 is 9.64 Å². The van der Waals surface area contributed by atoms with Crippen LogP contribution in [0.5, 0.6) is 5.75 Å². The Labute approximate surface area is 154 Å². The summed E-state index contributed by atoms with van der Waals surface area (Å²) >= 11 is 6.17. The molecule has 3 heterocycles. The van der Waals surface area contributed by atoms with E-state index in [1.54, 1.807) is 42.5 Å². The lowest BCUT2D eigenvalue weighted by molar-refractivity contribution is -0.117. The second-order valence-electron chi connectivity index (χ2n) is 5.90. The summed E-state index contributed by atoms with van der Waals surface area (Å²) < 4.78 is 10.5.